The zero-order chi connectivity index (χ0) is 16.0. The monoisotopic (exact) mass is 294 g/mol. The molecule has 0 saturated carbocycles. The third-order valence-electron chi connectivity index (χ3n) is 3.27. The number of phenols is 1. The maximum atomic E-state index is 12.1. The summed E-state index contributed by atoms with van der Waals surface area (Å²) in [5.74, 6) is -1.49. The fourth-order valence-corrected chi connectivity index (χ4v) is 2.02. The van der Waals surface area contributed by atoms with Crippen molar-refractivity contribution in [1.82, 2.24) is 5.32 Å². The molecule has 5 N–H and O–H groups in total. The van der Waals surface area contributed by atoms with Crippen LogP contribution in [-0.2, 0) is 16.0 Å². The van der Waals surface area contributed by atoms with Crippen molar-refractivity contribution in [3.8, 4) is 5.75 Å². The first-order valence-electron chi connectivity index (χ1n) is 6.87. The van der Waals surface area contributed by atoms with Crippen LogP contribution in [0.25, 0.3) is 0 Å². The SMILES string of the molecule is CCCC(C)(N)C(=O)N[C@@H](Cc1ccc(O)cc1)C(=O)O. The predicted octanol–water partition coefficient (Wildman–Crippen LogP) is 1.02. The van der Waals surface area contributed by atoms with Crippen LogP contribution in [0.3, 0.4) is 0 Å². The Morgan fingerprint density at radius 3 is 2.38 bits per heavy atom. The van der Waals surface area contributed by atoms with Crippen LogP contribution in [0.4, 0.5) is 0 Å². The normalized spacial score (nSPS) is 15.0. The molecule has 0 radical (unpaired) electrons. The van der Waals surface area contributed by atoms with E-state index in [4.69, 9.17) is 5.73 Å². The van der Waals surface area contributed by atoms with Gasteiger partial charge < -0.3 is 21.3 Å². The summed E-state index contributed by atoms with van der Waals surface area (Å²) in [5.41, 5.74) is 5.51. The van der Waals surface area contributed by atoms with Gasteiger partial charge in [-0.15, -0.1) is 0 Å². The number of carbonyl (C=O) groups excluding carboxylic acids is 1. The Labute approximate surface area is 124 Å². The highest BCUT2D eigenvalue weighted by Gasteiger charge is 2.31. The lowest BCUT2D eigenvalue weighted by molar-refractivity contribution is -0.142. The molecule has 0 heterocycles. The lowest BCUT2D eigenvalue weighted by Crippen LogP contribution is -2.56. The molecule has 6 nitrogen and oxygen atoms in total. The van der Waals surface area contributed by atoms with Crippen LogP contribution in [-0.4, -0.2) is 33.7 Å². The van der Waals surface area contributed by atoms with E-state index < -0.39 is 23.5 Å². The molecule has 0 fully saturated rings. The first-order valence-corrected chi connectivity index (χ1v) is 6.87. The van der Waals surface area contributed by atoms with Gasteiger partial charge in [0.2, 0.25) is 5.91 Å². The van der Waals surface area contributed by atoms with E-state index in [1.807, 2.05) is 6.92 Å². The summed E-state index contributed by atoms with van der Waals surface area (Å²) in [6.07, 6.45) is 1.34. The lowest BCUT2D eigenvalue weighted by Gasteiger charge is -2.25. The number of nitrogens with one attached hydrogen (secondary N) is 1. The van der Waals surface area contributed by atoms with Gasteiger partial charge in [0.25, 0.3) is 0 Å². The van der Waals surface area contributed by atoms with Gasteiger partial charge in [-0.2, -0.15) is 0 Å². The molecule has 2 atom stereocenters. The van der Waals surface area contributed by atoms with Crippen molar-refractivity contribution in [1.29, 1.82) is 0 Å². The topological polar surface area (TPSA) is 113 Å². The number of amides is 1. The first-order chi connectivity index (χ1) is 9.76. The van der Waals surface area contributed by atoms with Crippen LogP contribution < -0.4 is 11.1 Å². The fraction of sp³-hybridized carbons (Fsp3) is 0.467. The quantitative estimate of drug-likeness (QED) is 0.600. The van der Waals surface area contributed by atoms with Crippen LogP contribution in [0.1, 0.15) is 32.3 Å². The molecule has 6 heteroatoms. The van der Waals surface area contributed by atoms with E-state index in [-0.39, 0.29) is 12.2 Å². The maximum absolute atomic E-state index is 12.1. The number of aromatic hydroxyl groups is 1. The van der Waals surface area contributed by atoms with Gasteiger partial charge in [-0.1, -0.05) is 25.5 Å². The number of aliphatic carboxylic acids is 1. The van der Waals surface area contributed by atoms with Crippen LogP contribution in [0, 0.1) is 0 Å². The summed E-state index contributed by atoms with van der Waals surface area (Å²) >= 11 is 0. The minimum Gasteiger partial charge on any atom is -0.508 e. The number of carboxylic acid groups (broad SMARTS) is 1. The molecule has 0 spiro atoms. The molecule has 0 aromatic heterocycles. The Bertz CT molecular complexity index is 497. The van der Waals surface area contributed by atoms with Crippen molar-refractivity contribution < 1.29 is 19.8 Å². The number of phenolic OH excluding ortho intramolecular Hbond substituents is 1. The summed E-state index contributed by atoms with van der Waals surface area (Å²) in [5, 5.41) is 20.9. The molecule has 116 valence electrons. The second-order valence-corrected chi connectivity index (χ2v) is 5.40. The minimum atomic E-state index is -1.12. The highest BCUT2D eigenvalue weighted by atomic mass is 16.4. The zero-order valence-corrected chi connectivity index (χ0v) is 12.3. The van der Waals surface area contributed by atoms with E-state index in [9.17, 15) is 19.8 Å². The molecule has 1 aromatic carbocycles. The van der Waals surface area contributed by atoms with Crippen molar-refractivity contribution in [2.45, 2.75) is 44.7 Å². The molecule has 1 unspecified atom stereocenters. The summed E-state index contributed by atoms with van der Waals surface area (Å²) < 4.78 is 0. The molecule has 0 aliphatic carbocycles. The van der Waals surface area contributed by atoms with Crippen molar-refractivity contribution in [3.63, 3.8) is 0 Å². The molecule has 0 aliphatic rings. The first kappa shape index (κ1) is 17.0. The number of carbonyl (C=O) groups is 2. The molecule has 0 aliphatic heterocycles. The largest absolute Gasteiger partial charge is 0.508 e. The number of hydrogen-bond donors (Lipinski definition) is 4. The van der Waals surface area contributed by atoms with Gasteiger partial charge in [0.1, 0.15) is 11.8 Å². The summed E-state index contributed by atoms with van der Waals surface area (Å²) in [4.78, 5) is 23.4. The average Bonchev–Trinajstić information content (AvgIpc) is 2.40. The molecular weight excluding hydrogens is 272 g/mol. The van der Waals surface area contributed by atoms with Gasteiger partial charge in [-0.25, -0.2) is 4.79 Å². The molecule has 21 heavy (non-hydrogen) atoms. The Hall–Kier alpha value is -2.08. The number of rotatable bonds is 7. The van der Waals surface area contributed by atoms with Gasteiger partial charge in [0.05, 0.1) is 5.54 Å². The van der Waals surface area contributed by atoms with E-state index in [0.29, 0.717) is 12.0 Å². The lowest BCUT2D eigenvalue weighted by atomic mass is 9.95. The second kappa shape index (κ2) is 7.08. The van der Waals surface area contributed by atoms with Crippen molar-refractivity contribution in [3.05, 3.63) is 29.8 Å². The van der Waals surface area contributed by atoms with Crippen LogP contribution in [0.2, 0.25) is 0 Å². The molecule has 1 amide bonds. The highest BCUT2D eigenvalue weighted by Crippen LogP contribution is 2.13. The van der Waals surface area contributed by atoms with E-state index in [1.165, 1.54) is 12.1 Å². The van der Waals surface area contributed by atoms with E-state index in [0.717, 1.165) is 6.42 Å². The van der Waals surface area contributed by atoms with Gasteiger partial charge in [-0.05, 0) is 31.0 Å². The fourth-order valence-electron chi connectivity index (χ4n) is 2.02. The Morgan fingerprint density at radius 2 is 1.90 bits per heavy atom. The minimum absolute atomic E-state index is 0.104. The van der Waals surface area contributed by atoms with E-state index >= 15 is 0 Å². The number of carboxylic acids is 1. The number of benzene rings is 1. The summed E-state index contributed by atoms with van der Waals surface area (Å²) in [6, 6.07) is 5.12. The van der Waals surface area contributed by atoms with Crippen molar-refractivity contribution in [2.24, 2.45) is 5.73 Å². The predicted molar refractivity (Wildman–Crippen MR) is 78.9 cm³/mol. The van der Waals surface area contributed by atoms with Gasteiger partial charge >= 0.3 is 5.97 Å². The second-order valence-electron chi connectivity index (χ2n) is 5.40. The number of hydrogen-bond acceptors (Lipinski definition) is 4. The molecule has 1 rings (SSSR count). The standard InChI is InChI=1S/C15H22N2O4/c1-3-8-15(2,16)14(21)17-12(13(19)20)9-10-4-6-11(18)7-5-10/h4-7,12,18H,3,8-9,16H2,1-2H3,(H,17,21)(H,19,20)/t12-,15?/m0/s1. The van der Waals surface area contributed by atoms with Gasteiger partial charge in [-0.3, -0.25) is 4.79 Å². The molecule has 0 saturated heterocycles. The zero-order valence-electron chi connectivity index (χ0n) is 12.3. The molecule has 1 aromatic rings. The van der Waals surface area contributed by atoms with E-state index in [2.05, 4.69) is 5.32 Å². The average molecular weight is 294 g/mol. The molecular formula is C15H22N2O4. The molecule has 0 bridgehead atoms. The smallest absolute Gasteiger partial charge is 0.326 e. The van der Waals surface area contributed by atoms with Crippen molar-refractivity contribution >= 4 is 11.9 Å². The maximum Gasteiger partial charge on any atom is 0.326 e. The van der Waals surface area contributed by atoms with Crippen LogP contribution in [0.15, 0.2) is 24.3 Å². The van der Waals surface area contributed by atoms with Gasteiger partial charge in [0.15, 0.2) is 0 Å². The Morgan fingerprint density at radius 1 is 1.33 bits per heavy atom. The third-order valence-corrected chi connectivity index (χ3v) is 3.27. The Balaban J connectivity index is 2.76. The number of nitrogens with two attached hydrogens (primary N) is 1. The van der Waals surface area contributed by atoms with Crippen LogP contribution in [0.5, 0.6) is 5.75 Å². The highest BCUT2D eigenvalue weighted by molar-refractivity contribution is 5.89. The van der Waals surface area contributed by atoms with Gasteiger partial charge in [0, 0.05) is 6.42 Å². The van der Waals surface area contributed by atoms with E-state index in [1.54, 1.807) is 19.1 Å². The summed E-state index contributed by atoms with van der Waals surface area (Å²) in [6.45, 7) is 3.49. The summed E-state index contributed by atoms with van der Waals surface area (Å²) in [7, 11) is 0. The van der Waals surface area contributed by atoms with Crippen LogP contribution >= 0.6 is 0 Å². The Kier molecular flexibility index (Phi) is 5.72. The van der Waals surface area contributed by atoms with Crippen molar-refractivity contribution in [2.75, 3.05) is 0 Å². The third kappa shape index (κ3) is 5.07.